The van der Waals surface area contributed by atoms with E-state index in [1.807, 2.05) is 42.1 Å². The zero-order valence-corrected chi connectivity index (χ0v) is 18.2. The Balaban J connectivity index is 1.57. The lowest BCUT2D eigenvalue weighted by atomic mass is 10.1. The van der Waals surface area contributed by atoms with Crippen LogP contribution in [0.3, 0.4) is 0 Å². The molecule has 2 aliphatic carbocycles. The van der Waals surface area contributed by atoms with Gasteiger partial charge in [-0.15, -0.1) is 0 Å². The third-order valence-electron chi connectivity index (χ3n) is 6.24. The summed E-state index contributed by atoms with van der Waals surface area (Å²) in [6.07, 6.45) is 6.09. The van der Waals surface area contributed by atoms with Crippen molar-refractivity contribution >= 4 is 23.2 Å². The maximum absolute atomic E-state index is 13.3. The van der Waals surface area contributed by atoms with Crippen LogP contribution in [0.4, 0.5) is 15.8 Å². The molecule has 5 nitrogen and oxygen atoms in total. The van der Waals surface area contributed by atoms with Crippen LogP contribution in [0.5, 0.6) is 0 Å². The minimum Gasteiger partial charge on any atom is -0.377 e. The Hall–Kier alpha value is -2.89. The number of carbonyl (C=O) groups is 2. The van der Waals surface area contributed by atoms with E-state index in [1.165, 1.54) is 24.3 Å². The molecule has 2 aliphatic rings. The molecule has 0 atom stereocenters. The molecule has 1 N–H and O–H groups in total. The summed E-state index contributed by atoms with van der Waals surface area (Å²) >= 11 is 0. The van der Waals surface area contributed by atoms with Gasteiger partial charge in [-0.05, 0) is 73.7 Å². The van der Waals surface area contributed by atoms with Crippen LogP contribution in [0.2, 0.25) is 0 Å². The number of halogens is 1. The molecule has 0 spiro atoms. The predicted octanol–water partition coefficient (Wildman–Crippen LogP) is 4.83. The summed E-state index contributed by atoms with van der Waals surface area (Å²) < 4.78 is 13.3. The summed E-state index contributed by atoms with van der Waals surface area (Å²) in [6.45, 7) is 0.446. The molecule has 0 heterocycles. The number of nitrogens with zero attached hydrogens (tertiary/aromatic N) is 2. The Morgan fingerprint density at radius 2 is 1.68 bits per heavy atom. The van der Waals surface area contributed by atoms with E-state index in [1.54, 1.807) is 0 Å². The Labute approximate surface area is 183 Å². The number of hydrogen-bond acceptors (Lipinski definition) is 3. The number of nitrogens with one attached hydrogen (secondary N) is 1. The molecule has 2 fully saturated rings. The molecule has 0 radical (unpaired) electrons. The van der Waals surface area contributed by atoms with Crippen molar-refractivity contribution in [2.24, 2.45) is 5.92 Å². The molecule has 2 aromatic rings. The Morgan fingerprint density at radius 1 is 1.00 bits per heavy atom. The van der Waals surface area contributed by atoms with Crippen molar-refractivity contribution in [2.75, 3.05) is 24.3 Å². The van der Waals surface area contributed by atoms with E-state index >= 15 is 0 Å². The fourth-order valence-electron chi connectivity index (χ4n) is 4.35. The molecule has 164 valence electrons. The first-order valence-electron chi connectivity index (χ1n) is 11.1. The molecule has 0 bridgehead atoms. The highest BCUT2D eigenvalue weighted by Gasteiger charge is 2.33. The fraction of sp³-hybridized carbons (Fsp3) is 0.440. The van der Waals surface area contributed by atoms with Gasteiger partial charge in [0.1, 0.15) is 5.82 Å². The molecule has 2 saturated carbocycles. The minimum absolute atomic E-state index is 0.0856. The highest BCUT2D eigenvalue weighted by Crippen LogP contribution is 2.33. The van der Waals surface area contributed by atoms with E-state index in [0.717, 1.165) is 55.5 Å². The lowest BCUT2D eigenvalue weighted by Gasteiger charge is -2.26. The lowest BCUT2D eigenvalue weighted by Crippen LogP contribution is -2.33. The van der Waals surface area contributed by atoms with Gasteiger partial charge in [-0.1, -0.05) is 12.8 Å². The zero-order chi connectivity index (χ0) is 22.0. The third-order valence-corrected chi connectivity index (χ3v) is 6.24. The topological polar surface area (TPSA) is 52.7 Å². The first kappa shape index (κ1) is 21.3. The first-order valence-corrected chi connectivity index (χ1v) is 11.1. The van der Waals surface area contributed by atoms with Crippen LogP contribution < -0.4 is 10.2 Å². The van der Waals surface area contributed by atoms with Gasteiger partial charge < -0.3 is 15.1 Å². The van der Waals surface area contributed by atoms with Gasteiger partial charge in [0, 0.05) is 49.5 Å². The molecule has 2 amide bonds. The monoisotopic (exact) mass is 423 g/mol. The number of carbonyl (C=O) groups excluding carboxylic acids is 2. The molecule has 0 unspecified atom stereocenters. The van der Waals surface area contributed by atoms with Gasteiger partial charge in [-0.3, -0.25) is 9.59 Å². The van der Waals surface area contributed by atoms with Crippen molar-refractivity contribution in [1.82, 2.24) is 4.90 Å². The van der Waals surface area contributed by atoms with Gasteiger partial charge >= 0.3 is 0 Å². The minimum atomic E-state index is -0.352. The maximum atomic E-state index is 13.3. The predicted molar refractivity (Wildman–Crippen MR) is 121 cm³/mol. The quantitative estimate of drug-likeness (QED) is 0.694. The van der Waals surface area contributed by atoms with Crippen molar-refractivity contribution in [3.05, 3.63) is 59.4 Å². The molecule has 0 aromatic heterocycles. The van der Waals surface area contributed by atoms with Crippen LogP contribution in [0.1, 0.15) is 54.4 Å². The molecule has 6 heteroatoms. The number of rotatable bonds is 7. The fourth-order valence-corrected chi connectivity index (χ4v) is 4.35. The lowest BCUT2D eigenvalue weighted by molar-refractivity contribution is -0.119. The number of benzene rings is 2. The van der Waals surface area contributed by atoms with Gasteiger partial charge in [0.25, 0.3) is 5.91 Å². The van der Waals surface area contributed by atoms with E-state index in [9.17, 15) is 14.0 Å². The number of anilines is 2. The molecule has 0 aliphatic heterocycles. The molecular weight excluding hydrogens is 393 g/mol. The zero-order valence-electron chi connectivity index (χ0n) is 18.2. The van der Waals surface area contributed by atoms with Crippen LogP contribution in [0.25, 0.3) is 0 Å². The first-order chi connectivity index (χ1) is 14.9. The summed E-state index contributed by atoms with van der Waals surface area (Å²) in [6, 6.07) is 11.8. The van der Waals surface area contributed by atoms with Crippen molar-refractivity contribution in [3.63, 3.8) is 0 Å². The number of hydrogen-bond donors (Lipinski definition) is 1. The molecule has 4 rings (SSSR count). The van der Waals surface area contributed by atoms with Gasteiger partial charge in [-0.2, -0.15) is 0 Å². The van der Waals surface area contributed by atoms with Crippen molar-refractivity contribution < 1.29 is 14.0 Å². The molecule has 0 saturated heterocycles. The van der Waals surface area contributed by atoms with Gasteiger partial charge in [-0.25, -0.2) is 4.39 Å². The molecule has 2 aromatic carbocycles. The van der Waals surface area contributed by atoms with E-state index in [-0.39, 0.29) is 29.6 Å². The van der Waals surface area contributed by atoms with Crippen molar-refractivity contribution in [2.45, 2.75) is 51.1 Å². The Kier molecular flexibility index (Phi) is 6.25. The second-order valence-corrected chi connectivity index (χ2v) is 8.88. The van der Waals surface area contributed by atoms with Gasteiger partial charge in [0.2, 0.25) is 5.91 Å². The second kappa shape index (κ2) is 9.08. The van der Waals surface area contributed by atoms with Crippen LogP contribution >= 0.6 is 0 Å². The highest BCUT2D eigenvalue weighted by molar-refractivity contribution is 5.95. The smallest absolute Gasteiger partial charge is 0.254 e. The van der Waals surface area contributed by atoms with Crippen molar-refractivity contribution in [1.29, 1.82) is 0 Å². The van der Waals surface area contributed by atoms with Crippen LogP contribution in [-0.2, 0) is 11.3 Å². The Bertz CT molecular complexity index is 948. The maximum Gasteiger partial charge on any atom is 0.254 e. The summed E-state index contributed by atoms with van der Waals surface area (Å²) in [4.78, 5) is 29.7. The van der Waals surface area contributed by atoms with Crippen LogP contribution in [-0.4, -0.2) is 36.9 Å². The average Bonchev–Trinajstić information content (AvgIpc) is 3.44. The van der Waals surface area contributed by atoms with Gasteiger partial charge in [0.05, 0.1) is 0 Å². The normalized spacial score (nSPS) is 16.2. The van der Waals surface area contributed by atoms with E-state index in [4.69, 9.17) is 0 Å². The van der Waals surface area contributed by atoms with E-state index in [2.05, 4.69) is 5.32 Å². The second-order valence-electron chi connectivity index (χ2n) is 8.88. The van der Waals surface area contributed by atoms with Crippen molar-refractivity contribution in [3.8, 4) is 0 Å². The molecular formula is C25H30FN3O2. The van der Waals surface area contributed by atoms with E-state index < -0.39 is 0 Å². The number of amides is 2. The Morgan fingerprint density at radius 3 is 2.29 bits per heavy atom. The summed E-state index contributed by atoms with van der Waals surface area (Å²) in [5.74, 6) is -0.259. The molecule has 31 heavy (non-hydrogen) atoms. The highest BCUT2D eigenvalue weighted by atomic mass is 19.1. The van der Waals surface area contributed by atoms with Crippen LogP contribution in [0.15, 0.2) is 42.5 Å². The largest absolute Gasteiger partial charge is 0.377 e. The van der Waals surface area contributed by atoms with Gasteiger partial charge in [0.15, 0.2) is 0 Å². The summed E-state index contributed by atoms with van der Waals surface area (Å²) in [5.41, 5.74) is 3.25. The summed E-state index contributed by atoms with van der Waals surface area (Å²) in [7, 11) is 3.94. The third kappa shape index (κ3) is 5.06. The standard InChI is InChI=1S/C25H30FN3O2/c1-28(2)23-14-11-21(27-24(30)17-5-3-4-6-17)15-19(23)16-29(22-12-13-22)25(31)18-7-9-20(26)10-8-18/h7-11,14-15,17,22H,3-6,12-13,16H2,1-2H3,(H,27,30). The van der Waals surface area contributed by atoms with Crippen LogP contribution in [0, 0.1) is 11.7 Å². The summed E-state index contributed by atoms with van der Waals surface area (Å²) in [5, 5.41) is 3.07. The average molecular weight is 424 g/mol. The van der Waals surface area contributed by atoms with E-state index in [0.29, 0.717) is 12.1 Å². The SMILES string of the molecule is CN(C)c1ccc(NC(=O)C2CCCC2)cc1CN(C(=O)c1ccc(F)cc1)C1CC1.